The fourth-order valence-electron chi connectivity index (χ4n) is 2.12. The van der Waals surface area contributed by atoms with E-state index in [4.69, 9.17) is 2.74 Å². The Kier molecular flexibility index (Phi) is 8.85. The van der Waals surface area contributed by atoms with E-state index >= 15 is 0 Å². The van der Waals surface area contributed by atoms with Gasteiger partial charge in [0.05, 0.1) is 0 Å². The van der Waals surface area contributed by atoms with Crippen molar-refractivity contribution in [1.82, 2.24) is 15.0 Å². The molecule has 0 spiro atoms. The maximum absolute atomic E-state index is 14.5. The van der Waals surface area contributed by atoms with Crippen molar-refractivity contribution in [3.8, 4) is 0 Å². The highest BCUT2D eigenvalue weighted by molar-refractivity contribution is 7.59. The maximum Gasteiger partial charge on any atom is 0.408 e. The van der Waals surface area contributed by atoms with Gasteiger partial charge in [0.25, 0.3) is 0 Å². The number of halogens is 7. The summed E-state index contributed by atoms with van der Waals surface area (Å²) in [5, 5.41) is 13.5. The summed E-state index contributed by atoms with van der Waals surface area (Å²) in [5.41, 5.74) is -0.439. The first kappa shape index (κ1) is 24.8. The normalized spacial score (nSPS) is 22.0. The predicted molar refractivity (Wildman–Crippen MR) is 107 cm³/mol. The molecule has 1 aliphatic carbocycles. The van der Waals surface area contributed by atoms with E-state index in [9.17, 15) is 35.8 Å². The first-order chi connectivity index (χ1) is 13.5. The van der Waals surface area contributed by atoms with Gasteiger partial charge in [-0.25, -0.2) is 4.39 Å². The number of alkyl halides is 6. The summed E-state index contributed by atoms with van der Waals surface area (Å²) < 4.78 is 106. The van der Waals surface area contributed by atoms with Crippen molar-refractivity contribution in [2.75, 3.05) is 10.6 Å². The van der Waals surface area contributed by atoms with E-state index in [1.807, 2.05) is 10.6 Å². The zero-order valence-corrected chi connectivity index (χ0v) is 17.6. The summed E-state index contributed by atoms with van der Waals surface area (Å²) in [6, 6.07) is -4.38. The number of rotatable bonds is 5. The van der Waals surface area contributed by atoms with Crippen LogP contribution in [-0.4, -0.2) is 50.6 Å². The smallest absolute Gasteiger partial charge is 0.386 e. The largest absolute Gasteiger partial charge is 0.408 e. The molecule has 2 rings (SSSR count). The van der Waals surface area contributed by atoms with E-state index in [-0.39, 0.29) is 39.8 Å². The van der Waals surface area contributed by atoms with Gasteiger partial charge in [-0.15, -0.1) is 0 Å². The Morgan fingerprint density at radius 2 is 1.40 bits per heavy atom. The highest BCUT2D eigenvalue weighted by Crippen LogP contribution is 2.33. The third kappa shape index (κ3) is 7.34. The summed E-state index contributed by atoms with van der Waals surface area (Å²) in [6.45, 7) is 1.43. The lowest BCUT2D eigenvalue weighted by atomic mass is 9.96. The van der Waals surface area contributed by atoms with Crippen LogP contribution >= 0.6 is 27.0 Å². The molecule has 0 saturated carbocycles. The number of aromatic nitrogens is 3. The van der Waals surface area contributed by atoms with Crippen LogP contribution in [0.15, 0.2) is 5.83 Å². The first-order valence-corrected chi connectivity index (χ1v) is 8.02. The predicted octanol–water partition coefficient (Wildman–Crippen LogP) is 4.05. The van der Waals surface area contributed by atoms with Crippen molar-refractivity contribution in [3.05, 3.63) is 11.7 Å². The molecular weight excluding hydrogens is 463 g/mol. The third-order valence-corrected chi connectivity index (χ3v) is 3.82. The minimum absolute atomic E-state index is 0. The highest BCUT2D eigenvalue weighted by Gasteiger charge is 2.38. The minimum atomic E-state index is -4.73. The number of hydrogen-bond donors (Lipinski definition) is 3. The molecule has 1 aromatic rings. The van der Waals surface area contributed by atoms with E-state index in [0.29, 0.717) is 13.8 Å². The van der Waals surface area contributed by atoms with Crippen LogP contribution in [0.4, 0.5) is 42.6 Å². The minimum Gasteiger partial charge on any atom is -0.386 e. The van der Waals surface area contributed by atoms with Gasteiger partial charge in [0.15, 0.2) is 5.82 Å². The molecule has 0 amide bonds. The molecule has 3 atom stereocenters. The van der Waals surface area contributed by atoms with E-state index in [1.54, 1.807) is 0 Å². The van der Waals surface area contributed by atoms with Crippen LogP contribution in [-0.2, 0) is 0 Å². The van der Waals surface area contributed by atoms with Crippen molar-refractivity contribution >= 4 is 44.5 Å². The van der Waals surface area contributed by atoms with E-state index < -0.39 is 66.0 Å². The van der Waals surface area contributed by atoms with Crippen LogP contribution < -0.4 is 10.6 Å². The molecule has 3 N–H and O–H groups in total. The molecule has 174 valence electrons. The summed E-state index contributed by atoms with van der Waals surface area (Å²) in [7, 11) is 0. The van der Waals surface area contributed by atoms with Crippen LogP contribution in [0, 0.1) is 0 Å². The van der Waals surface area contributed by atoms with Gasteiger partial charge < -0.3 is 15.7 Å². The molecular formula is C15H22F7N5OS2. The van der Waals surface area contributed by atoms with Gasteiger partial charge in [-0.2, -0.15) is 68.3 Å². The topological polar surface area (TPSA) is 83.0 Å². The second-order valence-corrected chi connectivity index (χ2v) is 6.05. The Labute approximate surface area is 184 Å². The molecule has 0 bridgehead atoms. The number of nitrogens with one attached hydrogen (secondary N) is 2. The van der Waals surface area contributed by atoms with Gasteiger partial charge in [-0.05, 0) is 33.1 Å². The monoisotopic (exact) mass is 487 g/mol. The first-order valence-electron chi connectivity index (χ1n) is 9.02. The molecule has 0 saturated heterocycles. The van der Waals surface area contributed by atoms with Crippen molar-refractivity contribution in [2.24, 2.45) is 0 Å². The molecule has 1 aliphatic rings. The lowest BCUT2D eigenvalue weighted by Gasteiger charge is -2.22. The van der Waals surface area contributed by atoms with Gasteiger partial charge in [0.2, 0.25) is 11.9 Å². The van der Waals surface area contributed by atoms with Crippen LogP contribution in [0.1, 0.15) is 41.6 Å². The SMILES string of the molecule is S.S.[2H]C1([2H])CCC(c2nc(N[C@@H](C)C(F)(F)F)nc(N[C@@H](C)C(F)(F)F)n2)=C(F)C1O. The molecule has 15 heteroatoms. The van der Waals surface area contributed by atoms with Crippen LogP contribution in [0.5, 0.6) is 0 Å². The number of aliphatic hydroxyl groups is 1. The second-order valence-electron chi connectivity index (χ2n) is 6.05. The maximum atomic E-state index is 14.5. The summed E-state index contributed by atoms with van der Waals surface area (Å²) in [6.07, 6.45) is -14.7. The third-order valence-electron chi connectivity index (χ3n) is 3.82. The molecule has 1 unspecified atom stereocenters. The van der Waals surface area contributed by atoms with Crippen molar-refractivity contribution in [3.63, 3.8) is 0 Å². The van der Waals surface area contributed by atoms with Crippen LogP contribution in [0.3, 0.4) is 0 Å². The molecule has 0 aliphatic heterocycles. The molecule has 1 heterocycles. The number of allylic oxidation sites excluding steroid dienone is 1. The molecule has 0 fully saturated rings. The quantitative estimate of drug-likeness (QED) is 0.544. The zero-order chi connectivity index (χ0) is 23.1. The average Bonchev–Trinajstić information content (AvgIpc) is 2.58. The molecule has 1 aromatic heterocycles. The Morgan fingerprint density at radius 1 is 0.967 bits per heavy atom. The van der Waals surface area contributed by atoms with Crippen LogP contribution in [0.2, 0.25) is 0 Å². The summed E-state index contributed by atoms with van der Waals surface area (Å²) >= 11 is 0. The number of anilines is 2. The summed E-state index contributed by atoms with van der Waals surface area (Å²) in [5.74, 6) is -3.52. The Bertz CT molecular complexity index is 786. The average molecular weight is 488 g/mol. The molecule has 0 aromatic carbocycles. The van der Waals surface area contributed by atoms with Gasteiger partial charge in [0, 0.05) is 8.31 Å². The van der Waals surface area contributed by atoms with Gasteiger partial charge in [-0.1, -0.05) is 0 Å². The number of aliphatic hydroxyl groups excluding tert-OH is 1. The van der Waals surface area contributed by atoms with E-state index in [0.717, 1.165) is 0 Å². The zero-order valence-electron chi connectivity index (χ0n) is 17.6. The summed E-state index contributed by atoms with van der Waals surface area (Å²) in [4.78, 5) is 10.7. The second kappa shape index (κ2) is 10.7. The standard InChI is InChI=1S/C15H18F7N5O.2H2S/c1-6(14(17,18)19)23-12-25-11(8-4-3-5-9(28)10(8)16)26-13(27-12)24-7(2)15(20,21)22;;/h6-7,9,28H,3-5H2,1-2H3,(H2,23,24,25,26,27);2*1H2/t6-,7-,9?;;/m0../s1/i5D2;;. The van der Waals surface area contributed by atoms with Crippen LogP contribution in [0.25, 0.3) is 5.57 Å². The molecule has 0 radical (unpaired) electrons. The highest BCUT2D eigenvalue weighted by atomic mass is 32.1. The van der Waals surface area contributed by atoms with Gasteiger partial charge >= 0.3 is 12.4 Å². The Morgan fingerprint density at radius 3 is 1.80 bits per heavy atom. The molecule has 30 heavy (non-hydrogen) atoms. The Hall–Kier alpha value is -1.48. The fraction of sp³-hybridized carbons (Fsp3) is 0.667. The Balaban J connectivity index is 0.00000480. The van der Waals surface area contributed by atoms with Crippen molar-refractivity contribution < 1.29 is 38.6 Å². The number of nitrogens with zero attached hydrogens (tertiary/aromatic N) is 3. The van der Waals surface area contributed by atoms with E-state index in [2.05, 4.69) is 15.0 Å². The fourth-order valence-corrected chi connectivity index (χ4v) is 2.12. The van der Waals surface area contributed by atoms with Gasteiger partial charge in [0.1, 0.15) is 24.0 Å². The van der Waals surface area contributed by atoms with Gasteiger partial charge in [-0.3, -0.25) is 0 Å². The van der Waals surface area contributed by atoms with Crippen molar-refractivity contribution in [1.29, 1.82) is 0 Å². The lowest BCUT2D eigenvalue weighted by Crippen LogP contribution is -2.35. The van der Waals surface area contributed by atoms with E-state index in [1.165, 1.54) is 0 Å². The lowest BCUT2D eigenvalue weighted by molar-refractivity contribution is -0.139. The van der Waals surface area contributed by atoms with Crippen molar-refractivity contribution in [2.45, 2.75) is 63.6 Å². The number of hydrogen-bond acceptors (Lipinski definition) is 6. The molecule has 6 nitrogen and oxygen atoms in total.